The Bertz CT molecular complexity index is 1400. The summed E-state index contributed by atoms with van der Waals surface area (Å²) in [6, 6.07) is 3.81. The second kappa shape index (κ2) is 9.21. The van der Waals surface area contributed by atoms with Crippen molar-refractivity contribution in [2.24, 2.45) is 7.05 Å². The van der Waals surface area contributed by atoms with E-state index in [1.54, 1.807) is 4.90 Å². The van der Waals surface area contributed by atoms with Crippen LogP contribution in [0.4, 0.5) is 0 Å². The van der Waals surface area contributed by atoms with Crippen LogP contribution in [0.25, 0.3) is 11.1 Å². The minimum atomic E-state index is -4.00. The predicted octanol–water partition coefficient (Wildman–Crippen LogP) is 1.39. The van der Waals surface area contributed by atoms with E-state index < -0.39 is 15.8 Å². The molecule has 0 bridgehead atoms. The van der Waals surface area contributed by atoms with Gasteiger partial charge in [-0.2, -0.15) is 9.29 Å². The molecule has 0 radical (unpaired) electrons. The smallest absolute Gasteiger partial charge is 0.408 e. The lowest BCUT2D eigenvalue weighted by atomic mass is 10.00. The fraction of sp³-hybridized carbons (Fsp3) is 0.545. The minimum absolute atomic E-state index is 0.0642. The molecule has 2 fully saturated rings. The molecular formula is C22H27N5O7S. The summed E-state index contributed by atoms with van der Waals surface area (Å²) in [5, 5.41) is 4.13. The first kappa shape index (κ1) is 23.7. The Hall–Kier alpha value is -3.03. The molecule has 1 atom stereocenters. The molecule has 13 heteroatoms. The van der Waals surface area contributed by atoms with Crippen LogP contribution in [0.15, 0.2) is 36.8 Å². The largest absolute Gasteiger partial charge is 0.419 e. The van der Waals surface area contributed by atoms with Gasteiger partial charge in [0.2, 0.25) is 21.8 Å². The van der Waals surface area contributed by atoms with Crippen LogP contribution in [0.2, 0.25) is 0 Å². The molecule has 0 N–H and O–H groups in total. The van der Waals surface area contributed by atoms with Crippen molar-refractivity contribution in [1.29, 1.82) is 0 Å². The van der Waals surface area contributed by atoms with Crippen LogP contribution in [0.3, 0.4) is 0 Å². The van der Waals surface area contributed by atoms with Crippen molar-refractivity contribution >= 4 is 27.0 Å². The number of benzene rings is 1. The number of amides is 1. The number of sulfonamides is 1. The second-order valence-electron chi connectivity index (χ2n) is 8.94. The van der Waals surface area contributed by atoms with Gasteiger partial charge in [0.25, 0.3) is 0 Å². The molecule has 2 aromatic heterocycles. The maximum atomic E-state index is 13.1. The van der Waals surface area contributed by atoms with Crippen LogP contribution in [0, 0.1) is 0 Å². The first-order chi connectivity index (χ1) is 16.8. The van der Waals surface area contributed by atoms with Crippen LogP contribution in [0.1, 0.15) is 49.4 Å². The molecule has 1 unspecified atom stereocenters. The fourth-order valence-electron chi connectivity index (χ4n) is 4.65. The summed E-state index contributed by atoms with van der Waals surface area (Å²) in [7, 11) is -1.12. The van der Waals surface area contributed by atoms with E-state index >= 15 is 0 Å². The lowest BCUT2D eigenvalue weighted by molar-refractivity contribution is -0.132. The van der Waals surface area contributed by atoms with Crippen molar-refractivity contribution in [3.63, 3.8) is 0 Å². The average molecular weight is 506 g/mol. The Morgan fingerprint density at radius 2 is 2.00 bits per heavy atom. The third-order valence-corrected chi connectivity index (χ3v) is 8.53. The summed E-state index contributed by atoms with van der Waals surface area (Å²) < 4.78 is 44.5. The number of aromatic nitrogens is 3. The topological polar surface area (TPSA) is 141 Å². The maximum absolute atomic E-state index is 13.1. The average Bonchev–Trinajstić information content (AvgIpc) is 3.59. The van der Waals surface area contributed by atoms with Crippen molar-refractivity contribution in [3.8, 4) is 0 Å². The monoisotopic (exact) mass is 505 g/mol. The molecule has 4 heterocycles. The number of carbonyl (C=O) groups excluding carboxylic acids is 1. The lowest BCUT2D eigenvalue weighted by Crippen LogP contribution is -2.40. The van der Waals surface area contributed by atoms with E-state index in [9.17, 15) is 18.0 Å². The third-order valence-electron chi connectivity index (χ3n) is 6.73. The number of oxazole rings is 1. The molecule has 2 aliphatic rings. The molecule has 35 heavy (non-hydrogen) atoms. The lowest BCUT2D eigenvalue weighted by Gasteiger charge is -2.25. The molecule has 0 saturated carbocycles. The molecule has 0 spiro atoms. The highest BCUT2D eigenvalue weighted by molar-refractivity contribution is 7.89. The Kier molecular flexibility index (Phi) is 6.23. The number of rotatable bonds is 6. The molecule has 2 aliphatic heterocycles. The van der Waals surface area contributed by atoms with Crippen LogP contribution < -0.4 is 5.76 Å². The number of aryl methyl sites for hydroxylation is 1. The summed E-state index contributed by atoms with van der Waals surface area (Å²) in [5.41, 5.74) is 0.641. The third kappa shape index (κ3) is 4.39. The number of likely N-dealkylation sites (N-methyl/N-ethyl adjacent to an activating group) is 1. The Morgan fingerprint density at radius 3 is 2.77 bits per heavy atom. The van der Waals surface area contributed by atoms with E-state index in [-0.39, 0.29) is 34.9 Å². The highest BCUT2D eigenvalue weighted by Crippen LogP contribution is 2.33. The fourth-order valence-corrected chi connectivity index (χ4v) is 5.78. The predicted molar refractivity (Wildman–Crippen MR) is 122 cm³/mol. The zero-order valence-electron chi connectivity index (χ0n) is 19.5. The van der Waals surface area contributed by atoms with Gasteiger partial charge in [-0.25, -0.2) is 13.2 Å². The highest BCUT2D eigenvalue weighted by Gasteiger charge is 2.36. The van der Waals surface area contributed by atoms with Crippen molar-refractivity contribution in [1.82, 2.24) is 23.9 Å². The van der Waals surface area contributed by atoms with Gasteiger partial charge in [-0.15, -0.1) is 0 Å². The van der Waals surface area contributed by atoms with E-state index in [0.717, 1.165) is 23.6 Å². The Morgan fingerprint density at radius 1 is 1.23 bits per heavy atom. The molecule has 0 aliphatic carbocycles. The minimum Gasteiger partial charge on any atom is -0.408 e. The van der Waals surface area contributed by atoms with Gasteiger partial charge < -0.3 is 18.6 Å². The van der Waals surface area contributed by atoms with E-state index in [2.05, 4.69) is 10.1 Å². The van der Waals surface area contributed by atoms with Crippen molar-refractivity contribution in [3.05, 3.63) is 40.5 Å². The van der Waals surface area contributed by atoms with E-state index in [0.29, 0.717) is 43.4 Å². The summed E-state index contributed by atoms with van der Waals surface area (Å²) >= 11 is 0. The van der Waals surface area contributed by atoms with E-state index in [1.165, 1.54) is 36.9 Å². The van der Waals surface area contributed by atoms with Gasteiger partial charge in [0.1, 0.15) is 6.04 Å². The quantitative estimate of drug-likeness (QED) is 0.486. The van der Waals surface area contributed by atoms with Gasteiger partial charge in [0.15, 0.2) is 11.4 Å². The van der Waals surface area contributed by atoms with Crippen LogP contribution in [0.5, 0.6) is 0 Å². The maximum Gasteiger partial charge on any atom is 0.419 e. The molecule has 2 saturated heterocycles. The number of fused-ring (bicyclic) bond motifs is 1. The van der Waals surface area contributed by atoms with Crippen LogP contribution in [-0.4, -0.2) is 71.6 Å². The Balaban J connectivity index is 1.30. The molecular weight excluding hydrogens is 478 g/mol. The first-order valence-electron chi connectivity index (χ1n) is 11.5. The molecule has 12 nitrogen and oxygen atoms in total. The molecule has 1 amide bonds. The number of ether oxygens (including phenoxy) is 1. The number of carbonyl (C=O) groups is 1. The number of hydrogen-bond acceptors (Lipinski definition) is 9. The van der Waals surface area contributed by atoms with Crippen molar-refractivity contribution < 1.29 is 26.9 Å². The van der Waals surface area contributed by atoms with Gasteiger partial charge >= 0.3 is 5.76 Å². The molecule has 5 rings (SSSR count). The van der Waals surface area contributed by atoms with Crippen molar-refractivity contribution in [2.45, 2.75) is 42.5 Å². The summed E-state index contributed by atoms with van der Waals surface area (Å²) in [5.74, 6) is 0.253. The van der Waals surface area contributed by atoms with Crippen molar-refractivity contribution in [2.75, 3.05) is 33.4 Å². The van der Waals surface area contributed by atoms with Gasteiger partial charge in [0.05, 0.1) is 17.0 Å². The van der Waals surface area contributed by atoms with Gasteiger partial charge in [-0.05, 0) is 37.8 Å². The van der Waals surface area contributed by atoms with E-state index in [1.807, 2.05) is 0 Å². The zero-order valence-corrected chi connectivity index (χ0v) is 20.4. The SMILES string of the molecule is CN(CC(=O)N1CCCC1c1nc(C2CCOCC2)no1)S(=O)(=O)c1ccc2c(c1)oc(=O)n2C. The summed E-state index contributed by atoms with van der Waals surface area (Å²) in [6.45, 7) is 1.45. The normalized spacial score (nSPS) is 19.7. The van der Waals surface area contributed by atoms with E-state index in [4.69, 9.17) is 13.7 Å². The van der Waals surface area contributed by atoms with Gasteiger partial charge in [0, 0.05) is 45.8 Å². The standard InChI is InChI=1S/C22H27N5O7S/c1-25(35(30,31)15-5-6-16-18(12-15)33-22(29)26(16)2)13-19(28)27-9-3-4-17(27)21-23-20(24-34-21)14-7-10-32-11-8-14/h5-6,12,14,17H,3-4,7-11,13H2,1-2H3. The molecule has 3 aromatic rings. The summed E-state index contributed by atoms with van der Waals surface area (Å²) in [4.78, 5) is 31.0. The Labute approximate surface area is 201 Å². The second-order valence-corrected chi connectivity index (χ2v) is 11.0. The summed E-state index contributed by atoms with van der Waals surface area (Å²) in [6.07, 6.45) is 3.08. The van der Waals surface area contributed by atoms with Gasteiger partial charge in [-0.3, -0.25) is 9.36 Å². The highest BCUT2D eigenvalue weighted by atomic mass is 32.2. The van der Waals surface area contributed by atoms with Crippen LogP contribution >= 0.6 is 0 Å². The number of likely N-dealkylation sites (tertiary alicyclic amines) is 1. The van der Waals surface area contributed by atoms with Crippen LogP contribution in [-0.2, 0) is 26.6 Å². The first-order valence-corrected chi connectivity index (χ1v) is 13.0. The molecule has 1 aromatic carbocycles. The molecule has 188 valence electrons. The number of nitrogens with zero attached hydrogens (tertiary/aromatic N) is 5. The van der Waals surface area contributed by atoms with Gasteiger partial charge in [-0.1, -0.05) is 5.16 Å². The zero-order chi connectivity index (χ0) is 24.7. The number of hydrogen-bond donors (Lipinski definition) is 0.